The highest BCUT2D eigenvalue weighted by Gasteiger charge is 2.23. The van der Waals surface area contributed by atoms with Crippen LogP contribution in [-0.4, -0.2) is 68.5 Å². The van der Waals surface area contributed by atoms with Gasteiger partial charge >= 0.3 is 0 Å². The maximum Gasteiger partial charge on any atom is 0.268 e. The van der Waals surface area contributed by atoms with Gasteiger partial charge in [0.15, 0.2) is 0 Å². The van der Waals surface area contributed by atoms with Crippen LogP contribution in [0.25, 0.3) is 0 Å². The Morgan fingerprint density at radius 2 is 0.756 bits per heavy atom. The number of carbonyl (C=O) groups is 1. The fraction of sp³-hybridized carbons (Fsp3) is 0.870. The van der Waals surface area contributed by atoms with E-state index in [1.165, 1.54) is 270 Å². The van der Waals surface area contributed by atoms with Crippen molar-refractivity contribution >= 4 is 13.7 Å². The summed E-state index contributed by atoms with van der Waals surface area (Å²) in [7, 11) is 1.26. The second kappa shape index (κ2) is 60.1. The van der Waals surface area contributed by atoms with Crippen LogP contribution in [0.15, 0.2) is 48.6 Å². The number of amides is 1. The Labute approximate surface area is 486 Å². The van der Waals surface area contributed by atoms with E-state index >= 15 is 0 Å². The minimum absolute atomic E-state index is 0.00496. The molecule has 8 nitrogen and oxygen atoms in total. The van der Waals surface area contributed by atoms with Crippen molar-refractivity contribution in [1.29, 1.82) is 0 Å². The predicted molar refractivity (Wildman–Crippen MR) is 339 cm³/mol. The number of rotatable bonds is 63. The first-order valence-corrected chi connectivity index (χ1v) is 35.5. The van der Waals surface area contributed by atoms with Gasteiger partial charge in [-0.2, -0.15) is 0 Å². The van der Waals surface area contributed by atoms with Crippen molar-refractivity contribution in [3.63, 3.8) is 0 Å². The molecule has 0 aromatic rings. The zero-order chi connectivity index (χ0) is 57.0. The number of allylic oxidation sites excluding steroid dienone is 7. The maximum absolute atomic E-state index is 13.0. The molecule has 3 atom stereocenters. The topological polar surface area (TPSA) is 108 Å². The number of phosphoric ester groups is 1. The van der Waals surface area contributed by atoms with Crippen molar-refractivity contribution in [2.24, 2.45) is 0 Å². The van der Waals surface area contributed by atoms with Crippen molar-refractivity contribution in [2.75, 3.05) is 40.9 Å². The van der Waals surface area contributed by atoms with Gasteiger partial charge in [-0.1, -0.05) is 313 Å². The molecule has 460 valence electrons. The number of nitrogens with one attached hydrogen (secondary N) is 1. The molecule has 0 bridgehead atoms. The fourth-order valence-electron chi connectivity index (χ4n) is 10.2. The van der Waals surface area contributed by atoms with Gasteiger partial charge in [0.1, 0.15) is 13.2 Å². The largest absolute Gasteiger partial charge is 0.756 e. The number of nitrogens with zero attached hydrogens (tertiary/aromatic N) is 1. The second-order valence-electron chi connectivity index (χ2n) is 24.5. The van der Waals surface area contributed by atoms with E-state index in [0.29, 0.717) is 17.4 Å². The van der Waals surface area contributed by atoms with Crippen LogP contribution in [0.5, 0.6) is 0 Å². The Bertz CT molecular complexity index is 1410. The summed E-state index contributed by atoms with van der Waals surface area (Å²) in [5, 5.41) is 13.9. The third-order valence-corrected chi connectivity index (χ3v) is 16.5. The average molecular weight is 1120 g/mol. The molecule has 0 heterocycles. The summed E-state index contributed by atoms with van der Waals surface area (Å²) < 4.78 is 23.4. The van der Waals surface area contributed by atoms with Gasteiger partial charge in [-0.15, -0.1) is 0 Å². The molecule has 0 aliphatic carbocycles. The Hall–Kier alpha value is -1.54. The molecule has 2 N–H and O–H groups in total. The first-order chi connectivity index (χ1) is 38.0. The van der Waals surface area contributed by atoms with Crippen molar-refractivity contribution in [3.05, 3.63) is 48.6 Å². The molecule has 3 unspecified atom stereocenters. The lowest BCUT2D eigenvalue weighted by molar-refractivity contribution is -0.870. The molecule has 0 saturated heterocycles. The van der Waals surface area contributed by atoms with E-state index in [9.17, 15) is 19.4 Å². The Kier molecular flexibility index (Phi) is 58.9. The Morgan fingerprint density at radius 3 is 1.12 bits per heavy atom. The van der Waals surface area contributed by atoms with E-state index in [4.69, 9.17) is 9.05 Å². The average Bonchev–Trinajstić information content (AvgIpc) is 3.41. The van der Waals surface area contributed by atoms with E-state index in [-0.39, 0.29) is 19.1 Å². The van der Waals surface area contributed by atoms with Crippen LogP contribution >= 0.6 is 7.82 Å². The molecule has 0 saturated carbocycles. The molecule has 0 rings (SSSR count). The highest BCUT2D eigenvalue weighted by atomic mass is 31.2. The van der Waals surface area contributed by atoms with Crippen molar-refractivity contribution in [1.82, 2.24) is 5.32 Å². The van der Waals surface area contributed by atoms with Crippen LogP contribution in [0, 0.1) is 0 Å². The normalized spacial score (nSPS) is 14.0. The third kappa shape index (κ3) is 62.1. The summed E-state index contributed by atoms with van der Waals surface area (Å²) >= 11 is 0. The fourth-order valence-corrected chi connectivity index (χ4v) is 10.9. The van der Waals surface area contributed by atoms with E-state index < -0.39 is 20.0 Å². The van der Waals surface area contributed by atoms with Gasteiger partial charge in [-0.3, -0.25) is 9.36 Å². The zero-order valence-corrected chi connectivity index (χ0v) is 53.5. The van der Waals surface area contributed by atoms with Gasteiger partial charge in [0.25, 0.3) is 7.82 Å². The summed E-state index contributed by atoms with van der Waals surface area (Å²) in [5.41, 5.74) is 0. The predicted octanol–water partition coefficient (Wildman–Crippen LogP) is 20.8. The minimum atomic E-state index is -4.61. The van der Waals surface area contributed by atoms with Crippen molar-refractivity contribution in [3.8, 4) is 0 Å². The van der Waals surface area contributed by atoms with Crippen LogP contribution in [-0.2, 0) is 18.4 Å². The monoisotopic (exact) mass is 1120 g/mol. The molecule has 0 radical (unpaired) electrons. The summed E-state index contributed by atoms with van der Waals surface area (Å²) in [5.74, 6) is -0.201. The SMILES string of the molecule is CCCCCCC/C=C\C/C=C\CCCCCCCCCCCCCCCCCCCCCCCCCCCC(=O)NC(COP(=O)([O-])OCC[N+](C)(C)C)C(O)/C=C/CC/C=C/CCCCCCCCCCCCCCC. The summed E-state index contributed by atoms with van der Waals surface area (Å²) in [6, 6.07) is -0.903. The quantitative estimate of drug-likeness (QED) is 0.0272. The molecular formula is C69H133N2O6P. The smallest absolute Gasteiger partial charge is 0.268 e. The van der Waals surface area contributed by atoms with Crippen molar-refractivity contribution in [2.45, 2.75) is 347 Å². The molecule has 0 aliphatic heterocycles. The van der Waals surface area contributed by atoms with Gasteiger partial charge < -0.3 is 28.8 Å². The Balaban J connectivity index is 3.98. The lowest BCUT2D eigenvalue weighted by atomic mass is 10.0. The number of quaternary nitrogens is 1. The molecule has 0 fully saturated rings. The highest BCUT2D eigenvalue weighted by molar-refractivity contribution is 7.45. The summed E-state index contributed by atoms with van der Waals surface area (Å²) in [4.78, 5) is 25.6. The molecule has 78 heavy (non-hydrogen) atoms. The van der Waals surface area contributed by atoms with E-state index in [0.717, 1.165) is 44.9 Å². The molecule has 0 aromatic carbocycles. The zero-order valence-electron chi connectivity index (χ0n) is 52.6. The molecule has 1 amide bonds. The van der Waals surface area contributed by atoms with Crippen LogP contribution in [0.3, 0.4) is 0 Å². The van der Waals surface area contributed by atoms with Gasteiger partial charge in [-0.25, -0.2) is 0 Å². The second-order valence-corrected chi connectivity index (χ2v) is 25.9. The number of hydrogen-bond donors (Lipinski definition) is 2. The molecular weight excluding hydrogens is 984 g/mol. The highest BCUT2D eigenvalue weighted by Crippen LogP contribution is 2.38. The number of aliphatic hydroxyl groups excluding tert-OH is 1. The first-order valence-electron chi connectivity index (χ1n) is 34.0. The number of likely N-dealkylation sites (N-methyl/N-ethyl adjacent to an activating group) is 1. The number of phosphoric acid groups is 1. The van der Waals surface area contributed by atoms with Crippen molar-refractivity contribution < 1.29 is 32.9 Å². The van der Waals surface area contributed by atoms with Gasteiger partial charge in [0, 0.05) is 6.42 Å². The van der Waals surface area contributed by atoms with Crippen LogP contribution in [0.2, 0.25) is 0 Å². The number of unbranched alkanes of at least 4 members (excludes halogenated alkanes) is 44. The molecule has 0 spiro atoms. The number of aliphatic hydroxyl groups is 1. The Morgan fingerprint density at radius 1 is 0.449 bits per heavy atom. The lowest BCUT2D eigenvalue weighted by Crippen LogP contribution is -2.45. The maximum atomic E-state index is 13.0. The third-order valence-electron chi connectivity index (χ3n) is 15.5. The lowest BCUT2D eigenvalue weighted by Gasteiger charge is -2.29. The van der Waals surface area contributed by atoms with Gasteiger partial charge in [0.2, 0.25) is 5.91 Å². The van der Waals surface area contributed by atoms with Crippen LogP contribution < -0.4 is 10.2 Å². The molecule has 9 heteroatoms. The van der Waals surface area contributed by atoms with Gasteiger partial charge in [0.05, 0.1) is 39.9 Å². The van der Waals surface area contributed by atoms with Crippen LogP contribution in [0.4, 0.5) is 0 Å². The number of carbonyl (C=O) groups excluding carboxylic acids is 1. The molecule has 0 aromatic heterocycles. The van der Waals surface area contributed by atoms with Gasteiger partial charge in [-0.05, 0) is 64.2 Å². The molecule has 0 aliphatic rings. The first kappa shape index (κ1) is 76.5. The number of hydrogen-bond acceptors (Lipinski definition) is 6. The van der Waals surface area contributed by atoms with E-state index in [2.05, 4.69) is 55.6 Å². The van der Waals surface area contributed by atoms with Crippen LogP contribution in [0.1, 0.15) is 335 Å². The summed E-state index contributed by atoms with van der Waals surface area (Å²) in [6.45, 7) is 4.66. The summed E-state index contributed by atoms with van der Waals surface area (Å²) in [6.07, 6.45) is 81.0. The van der Waals surface area contributed by atoms with E-state index in [1.807, 2.05) is 27.2 Å². The minimum Gasteiger partial charge on any atom is -0.756 e. The standard InChI is InChI=1S/C69H133N2O6P/c1-6-8-10-12-14-16-18-20-22-24-26-27-28-29-30-31-32-33-34-35-36-37-38-39-40-41-42-43-45-47-49-51-53-55-57-59-61-63-69(73)70-67(66-77-78(74,75)76-65-64-71(3,4)5)68(72)62-60-58-56-54-52-50-48-46-44-25-23-21-19-17-15-13-11-9-7-2/h18,20,24,26,52,54,60,62,67-68,72H,6-17,19,21-23,25,27-51,53,55-59,61,63-66H2,1-5H3,(H-,70,73,74,75)/b20-18-,26-24-,54-52+,62-60+. The van der Waals surface area contributed by atoms with E-state index in [1.54, 1.807) is 6.08 Å².